The van der Waals surface area contributed by atoms with Gasteiger partial charge in [-0.2, -0.15) is 0 Å². The van der Waals surface area contributed by atoms with Crippen LogP contribution in [-0.2, 0) is 9.59 Å². The second kappa shape index (κ2) is 5.33. The zero-order valence-corrected chi connectivity index (χ0v) is 12.6. The fourth-order valence-corrected chi connectivity index (χ4v) is 2.86. The van der Waals surface area contributed by atoms with Crippen molar-refractivity contribution in [1.82, 2.24) is 15.1 Å². The van der Waals surface area contributed by atoms with Gasteiger partial charge in [-0.05, 0) is 26.7 Å². The van der Waals surface area contributed by atoms with Gasteiger partial charge in [-0.15, -0.1) is 0 Å². The van der Waals surface area contributed by atoms with E-state index in [-0.39, 0.29) is 11.8 Å². The van der Waals surface area contributed by atoms with E-state index in [4.69, 9.17) is 0 Å². The van der Waals surface area contributed by atoms with Crippen molar-refractivity contribution in [3.8, 4) is 0 Å². The van der Waals surface area contributed by atoms with Crippen LogP contribution in [0.3, 0.4) is 0 Å². The van der Waals surface area contributed by atoms with Crippen molar-refractivity contribution in [2.75, 3.05) is 39.8 Å². The second-order valence-electron chi connectivity index (χ2n) is 6.54. The van der Waals surface area contributed by atoms with Crippen molar-refractivity contribution in [2.24, 2.45) is 5.41 Å². The topological polar surface area (TPSA) is 72.9 Å². The number of rotatable bonds is 4. The van der Waals surface area contributed by atoms with Crippen molar-refractivity contribution in [1.29, 1.82) is 0 Å². The highest BCUT2D eigenvalue weighted by Gasteiger charge is 2.57. The summed E-state index contributed by atoms with van der Waals surface area (Å²) < 4.78 is 0. The maximum atomic E-state index is 12.5. The van der Waals surface area contributed by atoms with Crippen LogP contribution in [0.5, 0.6) is 0 Å². The van der Waals surface area contributed by atoms with Crippen molar-refractivity contribution < 1.29 is 14.7 Å². The predicted octanol–water partition coefficient (Wildman–Crippen LogP) is -0.572. The molecular weight excluding hydrogens is 258 g/mol. The molecule has 1 aliphatic carbocycles. The minimum absolute atomic E-state index is 0.0280. The molecule has 2 fully saturated rings. The molecule has 1 heterocycles. The average Bonchev–Trinajstić information content (AvgIpc) is 3.17. The van der Waals surface area contributed by atoms with Gasteiger partial charge in [-0.1, -0.05) is 0 Å². The Hall–Kier alpha value is -1.14. The highest BCUT2D eigenvalue weighted by Crippen LogP contribution is 2.47. The Morgan fingerprint density at radius 1 is 1.20 bits per heavy atom. The summed E-state index contributed by atoms with van der Waals surface area (Å²) in [6.07, 6.45) is 1.32. The molecule has 20 heavy (non-hydrogen) atoms. The molecule has 2 amide bonds. The number of amides is 2. The van der Waals surface area contributed by atoms with Gasteiger partial charge in [-0.25, -0.2) is 0 Å². The summed E-state index contributed by atoms with van der Waals surface area (Å²) in [6.45, 7) is 6.95. The SMILES string of the molecule is CNC(=O)C1(C(=O)N2CCN(CC(C)(C)O)CC2)CC1. The smallest absolute Gasteiger partial charge is 0.238 e. The van der Waals surface area contributed by atoms with E-state index in [9.17, 15) is 14.7 Å². The normalized spacial score (nSPS) is 22.5. The quantitative estimate of drug-likeness (QED) is 0.678. The van der Waals surface area contributed by atoms with Crippen LogP contribution in [0.4, 0.5) is 0 Å². The average molecular weight is 283 g/mol. The first-order chi connectivity index (χ1) is 9.28. The maximum absolute atomic E-state index is 12.5. The lowest BCUT2D eigenvalue weighted by Crippen LogP contribution is -2.54. The monoisotopic (exact) mass is 283 g/mol. The second-order valence-corrected chi connectivity index (χ2v) is 6.54. The number of hydrogen-bond acceptors (Lipinski definition) is 4. The van der Waals surface area contributed by atoms with Gasteiger partial charge in [0.1, 0.15) is 5.41 Å². The van der Waals surface area contributed by atoms with Crippen LogP contribution in [0.2, 0.25) is 0 Å². The Labute approximate surface area is 120 Å². The van der Waals surface area contributed by atoms with E-state index in [0.29, 0.717) is 32.5 Å². The van der Waals surface area contributed by atoms with Gasteiger partial charge >= 0.3 is 0 Å². The molecule has 0 bridgehead atoms. The molecular formula is C14H25N3O3. The van der Waals surface area contributed by atoms with Crippen molar-refractivity contribution in [2.45, 2.75) is 32.3 Å². The fraction of sp³-hybridized carbons (Fsp3) is 0.857. The molecule has 0 aromatic rings. The summed E-state index contributed by atoms with van der Waals surface area (Å²) in [6, 6.07) is 0. The third-order valence-electron chi connectivity index (χ3n) is 4.09. The largest absolute Gasteiger partial charge is 0.389 e. The fourth-order valence-electron chi connectivity index (χ4n) is 2.86. The first kappa shape index (κ1) is 15.3. The molecule has 0 unspecified atom stereocenters. The van der Waals surface area contributed by atoms with Crippen LogP contribution in [0.25, 0.3) is 0 Å². The summed E-state index contributed by atoms with van der Waals surface area (Å²) in [5.41, 5.74) is -1.50. The third kappa shape index (κ3) is 3.12. The van der Waals surface area contributed by atoms with Gasteiger partial charge in [0.25, 0.3) is 0 Å². The molecule has 0 radical (unpaired) electrons. The molecule has 6 heteroatoms. The number of nitrogens with zero attached hydrogens (tertiary/aromatic N) is 2. The molecule has 2 aliphatic rings. The maximum Gasteiger partial charge on any atom is 0.238 e. The number of piperazine rings is 1. The molecule has 1 saturated carbocycles. The minimum Gasteiger partial charge on any atom is -0.389 e. The number of β-amino-alcohol motifs (C(OH)–C–C–N with tert-alkyl or cyclic N) is 1. The van der Waals surface area contributed by atoms with Crippen molar-refractivity contribution in [3.05, 3.63) is 0 Å². The molecule has 2 N–H and O–H groups in total. The van der Waals surface area contributed by atoms with E-state index in [1.165, 1.54) is 0 Å². The zero-order chi connectivity index (χ0) is 15.0. The van der Waals surface area contributed by atoms with Gasteiger partial charge in [0, 0.05) is 39.8 Å². The lowest BCUT2D eigenvalue weighted by molar-refractivity contribution is -0.145. The molecule has 1 saturated heterocycles. The lowest BCUT2D eigenvalue weighted by atomic mass is 10.0. The highest BCUT2D eigenvalue weighted by molar-refractivity contribution is 6.07. The van der Waals surface area contributed by atoms with Crippen LogP contribution in [0, 0.1) is 5.41 Å². The van der Waals surface area contributed by atoms with Gasteiger partial charge in [0.15, 0.2) is 0 Å². The van der Waals surface area contributed by atoms with E-state index in [1.807, 2.05) is 0 Å². The Morgan fingerprint density at radius 2 is 1.75 bits per heavy atom. The number of carbonyl (C=O) groups is 2. The van der Waals surface area contributed by atoms with E-state index in [2.05, 4.69) is 10.2 Å². The van der Waals surface area contributed by atoms with Crippen LogP contribution in [-0.4, -0.2) is 72.1 Å². The molecule has 2 rings (SSSR count). The lowest BCUT2D eigenvalue weighted by Gasteiger charge is -2.38. The zero-order valence-electron chi connectivity index (χ0n) is 12.6. The van der Waals surface area contributed by atoms with Crippen LogP contribution < -0.4 is 5.32 Å². The molecule has 1 aliphatic heterocycles. The van der Waals surface area contributed by atoms with E-state index < -0.39 is 11.0 Å². The van der Waals surface area contributed by atoms with Crippen molar-refractivity contribution in [3.63, 3.8) is 0 Å². The Morgan fingerprint density at radius 3 is 2.15 bits per heavy atom. The van der Waals surface area contributed by atoms with Crippen LogP contribution in [0.15, 0.2) is 0 Å². The molecule has 0 aromatic carbocycles. The predicted molar refractivity (Wildman–Crippen MR) is 75.1 cm³/mol. The summed E-state index contributed by atoms with van der Waals surface area (Å²) >= 11 is 0. The standard InChI is InChI=1S/C14H25N3O3/c1-13(2,20)10-16-6-8-17(9-7-16)12(19)14(4-5-14)11(18)15-3/h20H,4-10H2,1-3H3,(H,15,18). The number of nitrogens with one attached hydrogen (secondary N) is 1. The summed E-state index contributed by atoms with van der Waals surface area (Å²) in [4.78, 5) is 28.3. The van der Waals surface area contributed by atoms with Crippen molar-refractivity contribution >= 4 is 11.8 Å². The first-order valence-corrected chi connectivity index (χ1v) is 7.25. The highest BCUT2D eigenvalue weighted by atomic mass is 16.3. The third-order valence-corrected chi connectivity index (χ3v) is 4.09. The van der Waals surface area contributed by atoms with Gasteiger partial charge < -0.3 is 15.3 Å². The van der Waals surface area contributed by atoms with Gasteiger partial charge in [0.05, 0.1) is 5.60 Å². The summed E-state index contributed by atoms with van der Waals surface area (Å²) in [5.74, 6) is -0.179. The molecule has 114 valence electrons. The Bertz CT molecular complexity index is 391. The first-order valence-electron chi connectivity index (χ1n) is 7.25. The summed E-state index contributed by atoms with van der Waals surface area (Å²) in [7, 11) is 1.58. The molecule has 0 spiro atoms. The van der Waals surface area contributed by atoms with Crippen LogP contribution in [0.1, 0.15) is 26.7 Å². The van der Waals surface area contributed by atoms with Crippen LogP contribution >= 0.6 is 0 Å². The number of carbonyl (C=O) groups excluding carboxylic acids is 2. The van der Waals surface area contributed by atoms with Gasteiger partial charge in [-0.3, -0.25) is 14.5 Å². The molecule has 0 atom stereocenters. The Kier molecular flexibility index (Phi) is 4.07. The summed E-state index contributed by atoms with van der Waals surface area (Å²) in [5, 5.41) is 12.4. The number of hydrogen-bond donors (Lipinski definition) is 2. The molecule has 0 aromatic heterocycles. The minimum atomic E-state index is -0.785. The van der Waals surface area contributed by atoms with Gasteiger partial charge in [0.2, 0.25) is 11.8 Å². The Balaban J connectivity index is 1.88. The number of aliphatic hydroxyl groups is 1. The van der Waals surface area contributed by atoms with E-state index >= 15 is 0 Å². The molecule has 6 nitrogen and oxygen atoms in total. The van der Waals surface area contributed by atoms with E-state index in [1.54, 1.807) is 25.8 Å². The van der Waals surface area contributed by atoms with E-state index in [0.717, 1.165) is 13.1 Å².